The monoisotopic (exact) mass is 279 g/mol. The Bertz CT molecular complexity index is 802. The van der Waals surface area contributed by atoms with E-state index in [1.807, 2.05) is 35.0 Å². The number of aromatic nitrogens is 1. The fourth-order valence-electron chi connectivity index (χ4n) is 2.57. The Hall–Kier alpha value is -2.55. The number of rotatable bonds is 4. The number of carbonyl (C=O) groups is 1. The van der Waals surface area contributed by atoms with Crippen LogP contribution in [0.2, 0.25) is 0 Å². The van der Waals surface area contributed by atoms with Crippen LogP contribution in [0.5, 0.6) is 5.75 Å². The summed E-state index contributed by atoms with van der Waals surface area (Å²) >= 11 is 0. The Morgan fingerprint density at radius 2 is 1.95 bits per heavy atom. The third-order valence-corrected chi connectivity index (χ3v) is 3.65. The number of fused-ring (bicyclic) bond motifs is 1. The van der Waals surface area contributed by atoms with Gasteiger partial charge in [-0.05, 0) is 42.6 Å². The van der Waals surface area contributed by atoms with Gasteiger partial charge >= 0.3 is 0 Å². The van der Waals surface area contributed by atoms with Crippen LogP contribution >= 0.6 is 0 Å². The smallest absolute Gasteiger partial charge is 0.186 e. The zero-order valence-electron chi connectivity index (χ0n) is 12.2. The zero-order chi connectivity index (χ0) is 14.8. The Labute approximate surface area is 123 Å². The quantitative estimate of drug-likeness (QED) is 0.679. The minimum absolute atomic E-state index is 0.0468. The maximum Gasteiger partial charge on any atom is 0.186 e. The molecule has 0 fully saturated rings. The van der Waals surface area contributed by atoms with Gasteiger partial charge in [0.1, 0.15) is 5.75 Å². The van der Waals surface area contributed by atoms with Gasteiger partial charge in [0, 0.05) is 11.7 Å². The van der Waals surface area contributed by atoms with Crippen LogP contribution in [0.1, 0.15) is 15.9 Å². The lowest BCUT2D eigenvalue weighted by molar-refractivity contribution is 0.0970. The highest BCUT2D eigenvalue weighted by molar-refractivity contribution is 5.99. The molecule has 3 nitrogen and oxygen atoms in total. The Morgan fingerprint density at radius 3 is 2.76 bits per heavy atom. The lowest BCUT2D eigenvalue weighted by Crippen LogP contribution is -2.10. The standard InChI is InChI=1S/C18H17NO2/c1-13-7-8-16-14(11-13)9-10-19(16)12-17(20)15-5-3-4-6-18(15)21-2/h3-11H,12H2,1-2H3. The number of Topliss-reactive ketones (excluding diaryl/α,β-unsaturated/α-hetero) is 1. The predicted molar refractivity (Wildman–Crippen MR) is 84.0 cm³/mol. The molecule has 0 N–H and O–H groups in total. The van der Waals surface area contributed by atoms with Gasteiger partial charge in [-0.25, -0.2) is 0 Å². The van der Waals surface area contributed by atoms with Gasteiger partial charge in [-0.15, -0.1) is 0 Å². The number of nitrogens with zero attached hydrogens (tertiary/aromatic N) is 1. The van der Waals surface area contributed by atoms with Crippen molar-refractivity contribution >= 4 is 16.7 Å². The molecule has 106 valence electrons. The molecule has 3 rings (SSSR count). The number of hydrogen-bond acceptors (Lipinski definition) is 2. The molecular formula is C18H17NO2. The Balaban J connectivity index is 1.93. The van der Waals surface area contributed by atoms with Crippen molar-refractivity contribution in [2.24, 2.45) is 0 Å². The molecule has 1 heterocycles. The average molecular weight is 279 g/mol. The highest BCUT2D eigenvalue weighted by Gasteiger charge is 2.13. The van der Waals surface area contributed by atoms with Crippen molar-refractivity contribution in [2.45, 2.75) is 13.5 Å². The molecule has 3 aromatic rings. The van der Waals surface area contributed by atoms with Gasteiger partial charge in [0.25, 0.3) is 0 Å². The van der Waals surface area contributed by atoms with Crippen molar-refractivity contribution in [1.82, 2.24) is 4.57 Å². The first kappa shape index (κ1) is 13.4. The second kappa shape index (κ2) is 5.44. The van der Waals surface area contributed by atoms with Gasteiger partial charge in [-0.1, -0.05) is 23.8 Å². The van der Waals surface area contributed by atoms with E-state index < -0.39 is 0 Å². The molecule has 3 heteroatoms. The molecule has 0 bridgehead atoms. The van der Waals surface area contributed by atoms with Crippen LogP contribution in [0.4, 0.5) is 0 Å². The first-order chi connectivity index (χ1) is 10.2. The third kappa shape index (κ3) is 2.55. The summed E-state index contributed by atoms with van der Waals surface area (Å²) in [6.45, 7) is 2.38. The van der Waals surface area contributed by atoms with E-state index in [1.165, 1.54) is 5.56 Å². The predicted octanol–water partition coefficient (Wildman–Crippen LogP) is 3.84. The van der Waals surface area contributed by atoms with Gasteiger partial charge in [0.15, 0.2) is 5.78 Å². The largest absolute Gasteiger partial charge is 0.496 e. The van der Waals surface area contributed by atoms with Crippen LogP contribution in [-0.4, -0.2) is 17.5 Å². The van der Waals surface area contributed by atoms with E-state index in [-0.39, 0.29) is 5.78 Å². The first-order valence-corrected chi connectivity index (χ1v) is 6.91. The third-order valence-electron chi connectivity index (χ3n) is 3.65. The van der Waals surface area contributed by atoms with Crippen LogP contribution in [0.25, 0.3) is 10.9 Å². The van der Waals surface area contributed by atoms with E-state index in [2.05, 4.69) is 25.1 Å². The van der Waals surface area contributed by atoms with Crippen LogP contribution in [0.15, 0.2) is 54.7 Å². The Morgan fingerprint density at radius 1 is 1.14 bits per heavy atom. The molecule has 0 radical (unpaired) electrons. The van der Waals surface area contributed by atoms with E-state index in [0.717, 1.165) is 10.9 Å². The van der Waals surface area contributed by atoms with E-state index in [9.17, 15) is 4.79 Å². The van der Waals surface area contributed by atoms with E-state index in [0.29, 0.717) is 17.9 Å². The molecule has 1 aromatic heterocycles. The van der Waals surface area contributed by atoms with Crippen molar-refractivity contribution < 1.29 is 9.53 Å². The van der Waals surface area contributed by atoms with E-state index in [1.54, 1.807) is 13.2 Å². The molecule has 21 heavy (non-hydrogen) atoms. The average Bonchev–Trinajstić information content (AvgIpc) is 2.89. The van der Waals surface area contributed by atoms with Crippen molar-refractivity contribution in [1.29, 1.82) is 0 Å². The summed E-state index contributed by atoms with van der Waals surface area (Å²) in [5.74, 6) is 0.667. The van der Waals surface area contributed by atoms with Gasteiger partial charge in [0.2, 0.25) is 0 Å². The number of methoxy groups -OCH3 is 1. The molecular weight excluding hydrogens is 262 g/mol. The second-order valence-electron chi connectivity index (χ2n) is 5.13. The number of aryl methyl sites for hydroxylation is 1. The second-order valence-corrected chi connectivity index (χ2v) is 5.13. The topological polar surface area (TPSA) is 31.2 Å². The summed E-state index contributed by atoms with van der Waals surface area (Å²) in [6.07, 6.45) is 1.96. The van der Waals surface area contributed by atoms with E-state index >= 15 is 0 Å². The molecule has 0 atom stereocenters. The van der Waals surface area contributed by atoms with E-state index in [4.69, 9.17) is 4.74 Å². The molecule has 0 saturated heterocycles. The maximum atomic E-state index is 12.5. The lowest BCUT2D eigenvalue weighted by atomic mass is 10.1. The molecule has 0 aliphatic carbocycles. The van der Waals surface area contributed by atoms with Gasteiger partial charge in [-0.2, -0.15) is 0 Å². The SMILES string of the molecule is COc1ccccc1C(=O)Cn1ccc2cc(C)ccc21. The minimum atomic E-state index is 0.0468. The summed E-state index contributed by atoms with van der Waals surface area (Å²) < 4.78 is 7.23. The molecule has 0 unspecified atom stereocenters. The Kier molecular flexibility index (Phi) is 3.48. The fourth-order valence-corrected chi connectivity index (χ4v) is 2.57. The lowest BCUT2D eigenvalue weighted by Gasteiger charge is -2.09. The molecule has 0 spiro atoms. The summed E-state index contributed by atoms with van der Waals surface area (Å²) in [6, 6.07) is 15.6. The maximum absolute atomic E-state index is 12.5. The van der Waals surface area contributed by atoms with Gasteiger partial charge < -0.3 is 9.30 Å². The summed E-state index contributed by atoms with van der Waals surface area (Å²) in [5.41, 5.74) is 2.91. The molecule has 2 aromatic carbocycles. The van der Waals surface area contributed by atoms with Crippen LogP contribution < -0.4 is 4.74 Å². The highest BCUT2D eigenvalue weighted by atomic mass is 16.5. The van der Waals surface area contributed by atoms with Crippen molar-refractivity contribution in [3.8, 4) is 5.75 Å². The highest BCUT2D eigenvalue weighted by Crippen LogP contribution is 2.21. The first-order valence-electron chi connectivity index (χ1n) is 6.91. The molecule has 0 aliphatic rings. The van der Waals surface area contributed by atoms with Crippen molar-refractivity contribution in [2.75, 3.05) is 7.11 Å². The molecule has 0 amide bonds. The number of ketones is 1. The minimum Gasteiger partial charge on any atom is -0.496 e. The van der Waals surface area contributed by atoms with Gasteiger partial charge in [0.05, 0.1) is 19.2 Å². The van der Waals surface area contributed by atoms with Crippen LogP contribution in [0, 0.1) is 6.92 Å². The number of benzene rings is 2. The van der Waals surface area contributed by atoms with Crippen LogP contribution in [-0.2, 0) is 6.54 Å². The molecule has 0 saturated carbocycles. The molecule has 0 aliphatic heterocycles. The number of ether oxygens (including phenoxy) is 1. The summed E-state index contributed by atoms with van der Waals surface area (Å²) in [7, 11) is 1.58. The normalized spacial score (nSPS) is 10.8. The fraction of sp³-hybridized carbons (Fsp3) is 0.167. The number of hydrogen-bond donors (Lipinski definition) is 0. The van der Waals surface area contributed by atoms with Crippen molar-refractivity contribution in [3.05, 3.63) is 65.9 Å². The summed E-state index contributed by atoms with van der Waals surface area (Å²) in [5, 5.41) is 1.16. The van der Waals surface area contributed by atoms with Crippen molar-refractivity contribution in [3.63, 3.8) is 0 Å². The van der Waals surface area contributed by atoms with Gasteiger partial charge in [-0.3, -0.25) is 4.79 Å². The number of carbonyl (C=O) groups excluding carboxylic acids is 1. The summed E-state index contributed by atoms with van der Waals surface area (Å²) in [4.78, 5) is 12.5. The number of para-hydroxylation sites is 1. The van der Waals surface area contributed by atoms with Crippen LogP contribution in [0.3, 0.4) is 0 Å². The zero-order valence-corrected chi connectivity index (χ0v) is 12.2.